The van der Waals surface area contributed by atoms with Gasteiger partial charge in [-0.15, -0.1) is 0 Å². The normalized spacial score (nSPS) is 13.4. The quantitative estimate of drug-likeness (QED) is 0.511. The molecule has 6 heteroatoms. The average molecular weight is 307 g/mol. The summed E-state index contributed by atoms with van der Waals surface area (Å²) in [5.74, 6) is 0.858. The molecule has 0 unspecified atom stereocenters. The highest BCUT2D eigenvalue weighted by Gasteiger charge is 2.16. The van der Waals surface area contributed by atoms with E-state index in [0.717, 1.165) is 17.0 Å². The van der Waals surface area contributed by atoms with Crippen LogP contribution in [0.5, 0.6) is 0 Å². The highest BCUT2D eigenvalue weighted by molar-refractivity contribution is 5.95. The summed E-state index contributed by atoms with van der Waals surface area (Å²) >= 11 is 0. The summed E-state index contributed by atoms with van der Waals surface area (Å²) in [6, 6.07) is 14.8. The number of nitrogens with zero attached hydrogens (tertiary/aromatic N) is 1. The first-order valence-corrected chi connectivity index (χ1v) is 7.05. The molecule has 0 aliphatic carbocycles. The Balaban J connectivity index is 1.80. The third-order valence-electron chi connectivity index (χ3n) is 3.62. The summed E-state index contributed by atoms with van der Waals surface area (Å²) < 4.78 is 5.72. The Morgan fingerprint density at radius 3 is 1.91 bits per heavy atom. The van der Waals surface area contributed by atoms with E-state index in [1.807, 2.05) is 47.5 Å². The lowest BCUT2D eigenvalue weighted by molar-refractivity contribution is 0.308. The lowest BCUT2D eigenvalue weighted by Gasteiger charge is -2.13. The van der Waals surface area contributed by atoms with Crippen LogP contribution in [-0.4, -0.2) is 18.4 Å². The van der Waals surface area contributed by atoms with E-state index in [-0.39, 0.29) is 11.7 Å². The van der Waals surface area contributed by atoms with Crippen molar-refractivity contribution >= 4 is 23.1 Å². The van der Waals surface area contributed by atoms with Crippen molar-refractivity contribution in [3.05, 3.63) is 71.4 Å². The van der Waals surface area contributed by atoms with Gasteiger partial charge in [0, 0.05) is 22.4 Å². The standard InChI is InChI=1S/C17H17N5O/c18-16(19)12-3-1-11(2-4-12)15-9-22(10-23-15)14-7-5-13(6-8-14)17(20)21/h1-9H,10H2,(H3,18,19)(H3,20,21). The fourth-order valence-corrected chi connectivity index (χ4v) is 2.31. The summed E-state index contributed by atoms with van der Waals surface area (Å²) in [5.41, 5.74) is 14.2. The SMILES string of the molecule is N=C(N)c1ccc(C2=CN(c3ccc(C(=N)N)cc3)CO2)cc1. The van der Waals surface area contributed by atoms with Crippen molar-refractivity contribution in [1.29, 1.82) is 10.8 Å². The molecule has 23 heavy (non-hydrogen) atoms. The van der Waals surface area contributed by atoms with Gasteiger partial charge >= 0.3 is 0 Å². The maximum Gasteiger partial charge on any atom is 0.165 e. The number of ether oxygens (including phenoxy) is 1. The van der Waals surface area contributed by atoms with Crippen LogP contribution in [0, 0.1) is 10.8 Å². The van der Waals surface area contributed by atoms with Crippen molar-refractivity contribution < 1.29 is 4.74 Å². The number of benzene rings is 2. The van der Waals surface area contributed by atoms with Crippen LogP contribution >= 0.6 is 0 Å². The Hall–Kier alpha value is -3.28. The molecule has 1 aliphatic heterocycles. The lowest BCUT2D eigenvalue weighted by Crippen LogP contribution is -2.14. The van der Waals surface area contributed by atoms with Crippen LogP contribution in [0.25, 0.3) is 5.76 Å². The van der Waals surface area contributed by atoms with Crippen LogP contribution in [0.1, 0.15) is 16.7 Å². The topological polar surface area (TPSA) is 112 Å². The van der Waals surface area contributed by atoms with E-state index >= 15 is 0 Å². The largest absolute Gasteiger partial charge is 0.471 e. The molecule has 0 aromatic heterocycles. The van der Waals surface area contributed by atoms with E-state index in [2.05, 4.69) is 0 Å². The molecule has 0 radical (unpaired) electrons. The second-order valence-corrected chi connectivity index (χ2v) is 5.19. The van der Waals surface area contributed by atoms with Crippen molar-refractivity contribution in [2.75, 3.05) is 11.6 Å². The van der Waals surface area contributed by atoms with Crippen molar-refractivity contribution in [3.63, 3.8) is 0 Å². The van der Waals surface area contributed by atoms with Crippen molar-refractivity contribution in [2.45, 2.75) is 0 Å². The Labute approximate surface area is 134 Å². The van der Waals surface area contributed by atoms with Crippen LogP contribution < -0.4 is 16.4 Å². The summed E-state index contributed by atoms with van der Waals surface area (Å²) in [6.07, 6.45) is 1.92. The van der Waals surface area contributed by atoms with Crippen LogP contribution in [0.3, 0.4) is 0 Å². The summed E-state index contributed by atoms with van der Waals surface area (Å²) in [7, 11) is 0. The second kappa shape index (κ2) is 5.84. The fourth-order valence-electron chi connectivity index (χ4n) is 2.31. The first-order chi connectivity index (χ1) is 11.0. The second-order valence-electron chi connectivity index (χ2n) is 5.19. The number of nitrogens with one attached hydrogen (secondary N) is 2. The zero-order valence-corrected chi connectivity index (χ0v) is 12.4. The predicted molar refractivity (Wildman–Crippen MR) is 91.3 cm³/mol. The molecule has 0 saturated heterocycles. The minimum atomic E-state index is 0.0463. The Bertz CT molecular complexity index is 778. The van der Waals surface area contributed by atoms with Gasteiger partial charge in [0.05, 0.1) is 6.20 Å². The van der Waals surface area contributed by atoms with Crippen LogP contribution in [0.4, 0.5) is 5.69 Å². The molecular weight excluding hydrogens is 290 g/mol. The minimum Gasteiger partial charge on any atom is -0.471 e. The van der Waals surface area contributed by atoms with Crippen LogP contribution in [0.2, 0.25) is 0 Å². The van der Waals surface area contributed by atoms with Crippen molar-refractivity contribution in [1.82, 2.24) is 0 Å². The van der Waals surface area contributed by atoms with Gasteiger partial charge < -0.3 is 21.1 Å². The number of nitrogens with two attached hydrogens (primary N) is 2. The number of rotatable bonds is 4. The van der Waals surface area contributed by atoms with Crippen LogP contribution in [-0.2, 0) is 4.74 Å². The molecule has 116 valence electrons. The summed E-state index contributed by atoms with van der Waals surface area (Å²) in [4.78, 5) is 1.97. The predicted octanol–water partition coefficient (Wildman–Crippen LogP) is 2.05. The molecule has 6 N–H and O–H groups in total. The molecule has 6 nitrogen and oxygen atoms in total. The smallest absolute Gasteiger partial charge is 0.165 e. The highest BCUT2D eigenvalue weighted by Crippen LogP contribution is 2.27. The van der Waals surface area contributed by atoms with Crippen molar-refractivity contribution in [3.8, 4) is 0 Å². The number of hydrogen-bond donors (Lipinski definition) is 4. The molecular formula is C17H17N5O. The van der Waals surface area contributed by atoms with Gasteiger partial charge in [-0.1, -0.05) is 24.3 Å². The number of nitrogen functional groups attached to an aromatic ring is 2. The molecule has 0 bridgehead atoms. The molecule has 0 amide bonds. The zero-order valence-electron chi connectivity index (χ0n) is 12.4. The van der Waals surface area contributed by atoms with Gasteiger partial charge in [0.15, 0.2) is 6.73 Å². The van der Waals surface area contributed by atoms with E-state index in [0.29, 0.717) is 17.9 Å². The number of hydrogen-bond acceptors (Lipinski definition) is 4. The number of anilines is 1. The summed E-state index contributed by atoms with van der Waals surface area (Å²) in [6.45, 7) is 0.420. The van der Waals surface area contributed by atoms with Gasteiger partial charge in [-0.3, -0.25) is 10.8 Å². The van der Waals surface area contributed by atoms with Gasteiger partial charge in [0.1, 0.15) is 17.4 Å². The van der Waals surface area contributed by atoms with Gasteiger partial charge in [-0.05, 0) is 24.3 Å². The Morgan fingerprint density at radius 2 is 1.39 bits per heavy atom. The molecule has 2 aromatic rings. The molecule has 0 atom stereocenters. The maximum atomic E-state index is 7.41. The summed E-state index contributed by atoms with van der Waals surface area (Å²) in [5, 5.41) is 14.8. The maximum absolute atomic E-state index is 7.41. The molecule has 0 saturated carbocycles. The molecule has 3 rings (SSSR count). The molecule has 1 heterocycles. The van der Waals surface area contributed by atoms with Crippen molar-refractivity contribution in [2.24, 2.45) is 11.5 Å². The Morgan fingerprint density at radius 1 is 0.870 bits per heavy atom. The first-order valence-electron chi connectivity index (χ1n) is 7.05. The molecule has 2 aromatic carbocycles. The molecule has 1 aliphatic rings. The highest BCUT2D eigenvalue weighted by atomic mass is 16.5. The zero-order chi connectivity index (χ0) is 16.4. The third kappa shape index (κ3) is 3.01. The fraction of sp³-hybridized carbons (Fsp3) is 0.0588. The molecule has 0 spiro atoms. The average Bonchev–Trinajstić information content (AvgIpc) is 3.05. The lowest BCUT2D eigenvalue weighted by atomic mass is 10.1. The van der Waals surface area contributed by atoms with E-state index < -0.39 is 0 Å². The number of amidine groups is 2. The van der Waals surface area contributed by atoms with Crippen LogP contribution in [0.15, 0.2) is 54.7 Å². The van der Waals surface area contributed by atoms with Gasteiger partial charge in [0.2, 0.25) is 0 Å². The first kappa shape index (κ1) is 14.6. The molecule has 0 fully saturated rings. The van der Waals surface area contributed by atoms with Gasteiger partial charge in [-0.25, -0.2) is 0 Å². The van der Waals surface area contributed by atoms with Gasteiger partial charge in [0.25, 0.3) is 0 Å². The van der Waals surface area contributed by atoms with E-state index in [4.69, 9.17) is 27.0 Å². The Kier molecular flexibility index (Phi) is 3.72. The van der Waals surface area contributed by atoms with Gasteiger partial charge in [-0.2, -0.15) is 0 Å². The van der Waals surface area contributed by atoms with E-state index in [1.54, 1.807) is 12.1 Å². The minimum absolute atomic E-state index is 0.0463. The van der Waals surface area contributed by atoms with E-state index in [9.17, 15) is 0 Å². The monoisotopic (exact) mass is 307 g/mol. The third-order valence-corrected chi connectivity index (χ3v) is 3.62. The van der Waals surface area contributed by atoms with E-state index in [1.165, 1.54) is 0 Å².